The fourth-order valence-electron chi connectivity index (χ4n) is 3.14. The van der Waals surface area contributed by atoms with Crippen LogP contribution in [0.1, 0.15) is 89.5 Å². The molecule has 0 bridgehead atoms. The van der Waals surface area contributed by atoms with E-state index in [1.807, 2.05) is 6.07 Å². The van der Waals surface area contributed by atoms with Crippen LogP contribution in [0.4, 0.5) is 11.4 Å². The SMILES string of the molecule is CCCCCCCCCCCCCC(=O)NC(=S)Nc1ccc([N+](=O)[O-])cc1C#N. The summed E-state index contributed by atoms with van der Waals surface area (Å²) in [6.07, 6.45) is 13.8. The second-order valence-corrected chi connectivity index (χ2v) is 7.79. The molecule has 7 nitrogen and oxygen atoms in total. The molecule has 164 valence electrons. The fourth-order valence-corrected chi connectivity index (χ4v) is 3.36. The molecule has 0 radical (unpaired) electrons. The van der Waals surface area contributed by atoms with Crippen molar-refractivity contribution in [2.45, 2.75) is 84.0 Å². The van der Waals surface area contributed by atoms with Crippen molar-refractivity contribution >= 4 is 34.6 Å². The van der Waals surface area contributed by atoms with Gasteiger partial charge in [-0.25, -0.2) is 0 Å². The summed E-state index contributed by atoms with van der Waals surface area (Å²) in [5, 5.41) is 25.4. The van der Waals surface area contributed by atoms with Crippen molar-refractivity contribution in [3.8, 4) is 6.07 Å². The number of thiocarbonyl (C=S) groups is 1. The van der Waals surface area contributed by atoms with Gasteiger partial charge in [-0.1, -0.05) is 71.1 Å². The molecule has 1 aromatic carbocycles. The first-order valence-electron chi connectivity index (χ1n) is 10.8. The van der Waals surface area contributed by atoms with Crippen LogP contribution in [0.2, 0.25) is 0 Å². The van der Waals surface area contributed by atoms with Crippen molar-refractivity contribution in [2.24, 2.45) is 0 Å². The molecule has 0 aliphatic heterocycles. The molecule has 1 amide bonds. The normalized spacial score (nSPS) is 10.3. The van der Waals surface area contributed by atoms with Gasteiger partial charge in [-0.15, -0.1) is 0 Å². The minimum Gasteiger partial charge on any atom is -0.331 e. The molecular formula is C22H32N4O3S. The van der Waals surface area contributed by atoms with Gasteiger partial charge in [-0.2, -0.15) is 5.26 Å². The molecule has 0 atom stereocenters. The van der Waals surface area contributed by atoms with Gasteiger partial charge in [0.25, 0.3) is 5.69 Å². The van der Waals surface area contributed by atoms with Gasteiger partial charge in [0.2, 0.25) is 5.91 Å². The van der Waals surface area contributed by atoms with Gasteiger partial charge in [0, 0.05) is 18.6 Å². The number of unbranched alkanes of at least 4 members (excludes halogenated alkanes) is 10. The van der Waals surface area contributed by atoms with Crippen LogP contribution in [0.5, 0.6) is 0 Å². The van der Waals surface area contributed by atoms with E-state index in [0.717, 1.165) is 25.3 Å². The molecule has 2 N–H and O–H groups in total. The number of amides is 1. The van der Waals surface area contributed by atoms with Gasteiger partial charge in [-0.05, 0) is 24.7 Å². The topological polar surface area (TPSA) is 108 Å². The first-order chi connectivity index (χ1) is 14.5. The van der Waals surface area contributed by atoms with Crippen molar-refractivity contribution in [2.75, 3.05) is 5.32 Å². The van der Waals surface area contributed by atoms with Crippen LogP contribution in [0.25, 0.3) is 0 Å². The molecule has 0 unspecified atom stereocenters. The molecule has 0 aromatic heterocycles. The molecule has 0 aliphatic carbocycles. The van der Waals surface area contributed by atoms with Gasteiger partial charge < -0.3 is 10.6 Å². The zero-order valence-corrected chi connectivity index (χ0v) is 18.6. The fraction of sp³-hybridized carbons (Fsp3) is 0.591. The van der Waals surface area contributed by atoms with E-state index in [9.17, 15) is 14.9 Å². The minimum atomic E-state index is -0.571. The number of nitrogens with zero attached hydrogens (tertiary/aromatic N) is 2. The Labute approximate surface area is 184 Å². The molecule has 8 heteroatoms. The van der Waals surface area contributed by atoms with Crippen LogP contribution in [0, 0.1) is 21.4 Å². The highest BCUT2D eigenvalue weighted by Crippen LogP contribution is 2.21. The second-order valence-electron chi connectivity index (χ2n) is 7.39. The zero-order valence-electron chi connectivity index (χ0n) is 17.7. The van der Waals surface area contributed by atoms with Crippen LogP contribution >= 0.6 is 12.2 Å². The Kier molecular flexibility index (Phi) is 13.0. The Morgan fingerprint density at radius 2 is 1.63 bits per heavy atom. The summed E-state index contributed by atoms with van der Waals surface area (Å²) in [4.78, 5) is 22.2. The highest BCUT2D eigenvalue weighted by Gasteiger charge is 2.12. The van der Waals surface area contributed by atoms with Gasteiger partial charge in [0.05, 0.1) is 16.2 Å². The van der Waals surface area contributed by atoms with Crippen molar-refractivity contribution in [1.82, 2.24) is 5.32 Å². The van der Waals surface area contributed by atoms with E-state index >= 15 is 0 Å². The Balaban J connectivity index is 2.18. The number of non-ortho nitro benzene ring substituents is 1. The lowest BCUT2D eigenvalue weighted by molar-refractivity contribution is -0.384. The lowest BCUT2D eigenvalue weighted by Gasteiger charge is -2.10. The molecule has 1 rings (SSSR count). The number of hydrogen-bond acceptors (Lipinski definition) is 5. The van der Waals surface area contributed by atoms with E-state index in [1.54, 1.807) is 0 Å². The Morgan fingerprint density at radius 1 is 1.07 bits per heavy atom. The van der Waals surface area contributed by atoms with Crippen LogP contribution in [-0.2, 0) is 4.79 Å². The molecule has 0 aliphatic rings. The largest absolute Gasteiger partial charge is 0.331 e. The third-order valence-corrected chi connectivity index (χ3v) is 5.05. The van der Waals surface area contributed by atoms with E-state index in [4.69, 9.17) is 17.5 Å². The summed E-state index contributed by atoms with van der Waals surface area (Å²) in [6, 6.07) is 5.73. The van der Waals surface area contributed by atoms with E-state index in [-0.39, 0.29) is 22.3 Å². The monoisotopic (exact) mass is 432 g/mol. The average Bonchev–Trinajstić information content (AvgIpc) is 2.72. The summed E-state index contributed by atoms with van der Waals surface area (Å²) >= 11 is 5.11. The summed E-state index contributed by atoms with van der Waals surface area (Å²) in [6.45, 7) is 2.23. The third kappa shape index (κ3) is 10.9. The summed E-state index contributed by atoms with van der Waals surface area (Å²) in [5.74, 6) is -0.177. The van der Waals surface area contributed by atoms with E-state index in [1.165, 1.54) is 63.5 Å². The minimum absolute atomic E-state index is 0.0772. The number of benzene rings is 1. The molecule has 0 saturated heterocycles. The maximum Gasteiger partial charge on any atom is 0.270 e. The number of nitro groups is 1. The number of carbonyl (C=O) groups is 1. The van der Waals surface area contributed by atoms with Gasteiger partial charge in [0.15, 0.2) is 5.11 Å². The number of nitrogens with one attached hydrogen (secondary N) is 2. The molecule has 0 saturated carbocycles. The van der Waals surface area contributed by atoms with Crippen LogP contribution in [0.3, 0.4) is 0 Å². The number of nitriles is 1. The van der Waals surface area contributed by atoms with Crippen LogP contribution in [0.15, 0.2) is 18.2 Å². The first-order valence-corrected chi connectivity index (χ1v) is 11.2. The van der Waals surface area contributed by atoms with Gasteiger partial charge >= 0.3 is 0 Å². The van der Waals surface area contributed by atoms with Crippen LogP contribution in [-0.4, -0.2) is 15.9 Å². The maximum atomic E-state index is 12.0. The smallest absolute Gasteiger partial charge is 0.270 e. The maximum absolute atomic E-state index is 12.0. The van der Waals surface area contributed by atoms with Gasteiger partial charge in [0.1, 0.15) is 6.07 Å². The number of anilines is 1. The lowest BCUT2D eigenvalue weighted by Crippen LogP contribution is -2.34. The van der Waals surface area contributed by atoms with Crippen molar-refractivity contribution < 1.29 is 9.72 Å². The highest BCUT2D eigenvalue weighted by molar-refractivity contribution is 7.80. The lowest BCUT2D eigenvalue weighted by atomic mass is 10.1. The predicted molar refractivity (Wildman–Crippen MR) is 123 cm³/mol. The van der Waals surface area contributed by atoms with E-state index in [0.29, 0.717) is 12.1 Å². The van der Waals surface area contributed by atoms with E-state index in [2.05, 4.69) is 17.6 Å². The first kappa shape index (κ1) is 25.5. The number of carbonyl (C=O) groups excluding carboxylic acids is 1. The number of rotatable bonds is 14. The summed E-state index contributed by atoms with van der Waals surface area (Å²) in [7, 11) is 0. The van der Waals surface area contributed by atoms with Crippen molar-refractivity contribution in [3.05, 3.63) is 33.9 Å². The predicted octanol–water partition coefficient (Wildman–Crippen LogP) is 5.98. The van der Waals surface area contributed by atoms with Crippen molar-refractivity contribution in [1.29, 1.82) is 5.26 Å². The average molecular weight is 433 g/mol. The number of hydrogen-bond donors (Lipinski definition) is 2. The van der Waals surface area contributed by atoms with E-state index < -0.39 is 4.92 Å². The highest BCUT2D eigenvalue weighted by atomic mass is 32.1. The Morgan fingerprint density at radius 3 is 2.17 bits per heavy atom. The summed E-state index contributed by atoms with van der Waals surface area (Å²) < 4.78 is 0. The summed E-state index contributed by atoms with van der Waals surface area (Å²) in [5.41, 5.74) is 0.234. The van der Waals surface area contributed by atoms with Gasteiger partial charge in [-0.3, -0.25) is 14.9 Å². The molecule has 0 spiro atoms. The molecule has 0 heterocycles. The quantitative estimate of drug-likeness (QED) is 0.162. The third-order valence-electron chi connectivity index (χ3n) is 4.84. The molecule has 30 heavy (non-hydrogen) atoms. The molecule has 1 aromatic rings. The van der Waals surface area contributed by atoms with Crippen molar-refractivity contribution in [3.63, 3.8) is 0 Å². The Hall–Kier alpha value is -2.53. The van der Waals surface area contributed by atoms with Crippen LogP contribution < -0.4 is 10.6 Å². The Bertz CT molecular complexity index is 746. The molecular weight excluding hydrogens is 400 g/mol. The molecule has 0 fully saturated rings. The standard InChI is InChI=1S/C22H32N4O3S/c1-2-3-4-5-6-7-8-9-10-11-12-13-21(27)25-22(30)24-20-15-14-19(26(28)29)16-18(20)17-23/h14-16H,2-13H2,1H3,(H2,24,25,27,30). The second kappa shape index (κ2) is 15.3. The number of nitro benzene ring substituents is 1. The zero-order chi connectivity index (χ0) is 22.2.